The zero-order valence-corrected chi connectivity index (χ0v) is 25.2. The van der Waals surface area contributed by atoms with E-state index in [0.717, 1.165) is 22.8 Å². The Bertz CT molecular complexity index is 1510. The number of aliphatic hydroxyl groups is 1. The van der Waals surface area contributed by atoms with E-state index in [0.29, 0.717) is 25.1 Å². The van der Waals surface area contributed by atoms with Crippen LogP contribution < -0.4 is 10.6 Å². The molecule has 2 bridgehead atoms. The number of nitrogens with one attached hydrogen (secondary N) is 2. The molecular weight excluding hydrogens is 546 g/mol. The van der Waals surface area contributed by atoms with Crippen molar-refractivity contribution in [2.24, 2.45) is 17.8 Å². The minimum atomic E-state index is -0.795. The van der Waals surface area contributed by atoms with E-state index in [-0.39, 0.29) is 30.2 Å². The predicted molar refractivity (Wildman–Crippen MR) is 167 cm³/mol. The zero-order chi connectivity index (χ0) is 29.6. The van der Waals surface area contributed by atoms with E-state index in [1.807, 2.05) is 86.6 Å². The van der Waals surface area contributed by atoms with Gasteiger partial charge in [-0.1, -0.05) is 74.5 Å². The van der Waals surface area contributed by atoms with E-state index < -0.39 is 33.4 Å². The molecule has 3 aromatic rings. The van der Waals surface area contributed by atoms with E-state index in [2.05, 4.69) is 17.6 Å². The van der Waals surface area contributed by atoms with E-state index in [1.54, 1.807) is 16.7 Å². The lowest BCUT2D eigenvalue weighted by atomic mass is 9.66. The monoisotopic (exact) mass is 585 g/mol. The molecule has 8 heteroatoms. The fraction of sp³-hybridized carbons (Fsp3) is 0.441. The first-order valence-electron chi connectivity index (χ1n) is 14.9. The van der Waals surface area contributed by atoms with Gasteiger partial charge in [-0.3, -0.25) is 14.4 Å². The number of carbonyl (C=O) groups excluding carboxylic acids is 3. The molecule has 220 valence electrons. The Balaban J connectivity index is 1.35. The second-order valence-corrected chi connectivity index (χ2v) is 14.6. The molecule has 0 aliphatic carbocycles. The Morgan fingerprint density at radius 2 is 1.71 bits per heavy atom. The molecular formula is C34H39N3O4S. The van der Waals surface area contributed by atoms with Crippen molar-refractivity contribution in [1.82, 2.24) is 10.2 Å². The zero-order valence-electron chi connectivity index (χ0n) is 24.4. The Labute approximate surface area is 251 Å². The molecule has 3 N–H and O–H groups in total. The number of amides is 3. The summed E-state index contributed by atoms with van der Waals surface area (Å²) in [6.45, 7) is 6.32. The number of thioether (sulfide) groups is 1. The summed E-state index contributed by atoms with van der Waals surface area (Å²) in [5.41, 5.74) is 1.65. The minimum Gasteiger partial charge on any atom is -0.394 e. The van der Waals surface area contributed by atoms with Gasteiger partial charge in [-0.05, 0) is 60.6 Å². The van der Waals surface area contributed by atoms with Crippen LogP contribution in [-0.4, -0.2) is 55.9 Å². The molecule has 2 unspecified atom stereocenters. The van der Waals surface area contributed by atoms with Gasteiger partial charge in [0.25, 0.3) is 0 Å². The van der Waals surface area contributed by atoms with Crippen molar-refractivity contribution >= 4 is 45.9 Å². The minimum absolute atomic E-state index is 0.145. The van der Waals surface area contributed by atoms with E-state index in [4.69, 9.17) is 0 Å². The normalized spacial score (nSPS) is 28.7. The summed E-state index contributed by atoms with van der Waals surface area (Å²) in [5, 5.41) is 18.8. The van der Waals surface area contributed by atoms with Gasteiger partial charge in [-0.15, -0.1) is 11.8 Å². The highest BCUT2D eigenvalue weighted by molar-refractivity contribution is 8.02. The second kappa shape index (κ2) is 11.0. The second-order valence-electron chi connectivity index (χ2n) is 12.7. The van der Waals surface area contributed by atoms with Gasteiger partial charge >= 0.3 is 0 Å². The van der Waals surface area contributed by atoms with Crippen LogP contribution in [0.1, 0.15) is 45.6 Å². The summed E-state index contributed by atoms with van der Waals surface area (Å²) < 4.78 is -1.20. The molecule has 3 fully saturated rings. The Morgan fingerprint density at radius 1 is 1.00 bits per heavy atom. The largest absolute Gasteiger partial charge is 0.394 e. The Morgan fingerprint density at radius 3 is 2.43 bits per heavy atom. The summed E-state index contributed by atoms with van der Waals surface area (Å²) in [4.78, 5) is 44.3. The summed E-state index contributed by atoms with van der Waals surface area (Å²) in [6, 6.07) is 22.2. The summed E-state index contributed by atoms with van der Waals surface area (Å²) in [6.07, 6.45) is 1.98. The van der Waals surface area contributed by atoms with Crippen molar-refractivity contribution in [2.75, 3.05) is 11.9 Å². The lowest BCUT2D eigenvalue weighted by molar-refractivity contribution is -0.143. The summed E-state index contributed by atoms with van der Waals surface area (Å²) in [7, 11) is 0. The Kier molecular flexibility index (Phi) is 7.56. The van der Waals surface area contributed by atoms with Crippen molar-refractivity contribution < 1.29 is 19.5 Å². The van der Waals surface area contributed by atoms with Crippen LogP contribution in [0.25, 0.3) is 10.8 Å². The number of hydrogen-bond donors (Lipinski definition) is 3. The molecule has 7 nitrogen and oxygen atoms in total. The number of likely N-dealkylation sites (tertiary alicyclic amines) is 1. The van der Waals surface area contributed by atoms with Crippen molar-refractivity contribution in [3.63, 3.8) is 0 Å². The standard InChI is InChI=1S/C34H39N3O4S/c1-21(2)17-26(20-38)37-29(31(40)36-25-14-13-23-11-7-8-12-24(23)18-25)34-16-15-33(3,42-34)27(28(34)32(37)41)30(39)35-19-22-9-5-4-6-10-22/h4-14,18,21,26-29,38H,15-17,19-20H2,1-3H3,(H,35,39)(H,36,40)/t26-,27-,28+,29?,33+,34?/m1/s1. The van der Waals surface area contributed by atoms with Crippen LogP contribution in [0.5, 0.6) is 0 Å². The maximum absolute atomic E-state index is 14.5. The van der Waals surface area contributed by atoms with Crippen LogP contribution >= 0.6 is 11.8 Å². The molecule has 3 aliphatic rings. The van der Waals surface area contributed by atoms with Crippen molar-refractivity contribution in [1.29, 1.82) is 0 Å². The van der Waals surface area contributed by atoms with Crippen LogP contribution in [0.15, 0.2) is 72.8 Å². The number of nitrogens with zero attached hydrogens (tertiary/aromatic N) is 1. The number of anilines is 1. The van der Waals surface area contributed by atoms with E-state index in [9.17, 15) is 19.5 Å². The van der Waals surface area contributed by atoms with Gasteiger partial charge in [0.05, 0.1) is 29.2 Å². The molecule has 3 aliphatic heterocycles. The van der Waals surface area contributed by atoms with Gasteiger partial charge in [0.2, 0.25) is 17.7 Å². The third-order valence-electron chi connectivity index (χ3n) is 9.42. The average molecular weight is 586 g/mol. The number of rotatable bonds is 9. The Hall–Kier alpha value is -3.36. The highest BCUT2D eigenvalue weighted by Gasteiger charge is 2.77. The van der Waals surface area contributed by atoms with Gasteiger partial charge in [-0.25, -0.2) is 0 Å². The third-order valence-corrected chi connectivity index (χ3v) is 11.4. The molecule has 3 saturated heterocycles. The molecule has 0 radical (unpaired) electrons. The molecule has 1 spiro atoms. The van der Waals surface area contributed by atoms with Crippen LogP contribution in [0.3, 0.4) is 0 Å². The van der Waals surface area contributed by atoms with Gasteiger partial charge in [-0.2, -0.15) is 0 Å². The number of aliphatic hydroxyl groups excluding tert-OH is 1. The van der Waals surface area contributed by atoms with E-state index in [1.165, 1.54) is 0 Å². The molecule has 3 amide bonds. The van der Waals surface area contributed by atoms with Crippen molar-refractivity contribution in [2.45, 2.75) is 68.2 Å². The molecule has 3 heterocycles. The van der Waals surface area contributed by atoms with Crippen LogP contribution in [0, 0.1) is 17.8 Å². The fourth-order valence-corrected chi connectivity index (χ4v) is 9.99. The van der Waals surface area contributed by atoms with Gasteiger partial charge in [0, 0.05) is 17.0 Å². The summed E-state index contributed by atoms with van der Waals surface area (Å²) >= 11 is 1.65. The number of fused-ring (bicyclic) bond motifs is 2. The third kappa shape index (κ3) is 4.78. The molecule has 0 saturated carbocycles. The number of benzene rings is 3. The first-order chi connectivity index (χ1) is 20.2. The molecule has 42 heavy (non-hydrogen) atoms. The molecule has 6 rings (SSSR count). The predicted octanol–water partition coefficient (Wildman–Crippen LogP) is 4.98. The van der Waals surface area contributed by atoms with E-state index >= 15 is 0 Å². The average Bonchev–Trinajstić information content (AvgIpc) is 3.55. The van der Waals surface area contributed by atoms with Crippen LogP contribution in [-0.2, 0) is 20.9 Å². The number of carbonyl (C=O) groups is 3. The number of hydrogen-bond acceptors (Lipinski definition) is 5. The van der Waals surface area contributed by atoms with Crippen molar-refractivity contribution in [3.05, 3.63) is 78.4 Å². The fourth-order valence-electron chi connectivity index (χ4n) is 7.65. The maximum Gasteiger partial charge on any atom is 0.248 e. The van der Waals surface area contributed by atoms with Gasteiger partial charge < -0.3 is 20.6 Å². The van der Waals surface area contributed by atoms with Gasteiger partial charge in [0.1, 0.15) is 6.04 Å². The smallest absolute Gasteiger partial charge is 0.248 e. The SMILES string of the molecule is CC(C)C[C@H](CO)N1C(=O)[C@@H]2[C@H](C(=O)NCc3ccccc3)[C@]3(C)CCC2(S3)C1C(=O)Nc1ccc2ccccc2c1. The van der Waals surface area contributed by atoms with Crippen LogP contribution in [0.4, 0.5) is 5.69 Å². The highest BCUT2D eigenvalue weighted by atomic mass is 32.2. The summed E-state index contributed by atoms with van der Waals surface area (Å²) in [5.74, 6) is -1.58. The van der Waals surface area contributed by atoms with Crippen LogP contribution in [0.2, 0.25) is 0 Å². The molecule has 6 atom stereocenters. The maximum atomic E-state index is 14.5. The first-order valence-corrected chi connectivity index (χ1v) is 15.7. The topological polar surface area (TPSA) is 98.7 Å². The lowest BCUT2D eigenvalue weighted by Crippen LogP contribution is -2.55. The van der Waals surface area contributed by atoms with Gasteiger partial charge in [0.15, 0.2) is 0 Å². The molecule has 3 aromatic carbocycles. The highest BCUT2D eigenvalue weighted by Crippen LogP contribution is 2.71. The quantitative estimate of drug-likeness (QED) is 0.329. The first kappa shape index (κ1) is 28.7. The van der Waals surface area contributed by atoms with Crippen molar-refractivity contribution in [3.8, 4) is 0 Å². The molecule has 0 aromatic heterocycles. The lowest BCUT2D eigenvalue weighted by Gasteiger charge is -2.37.